The minimum absolute atomic E-state index is 0.0352. The summed E-state index contributed by atoms with van der Waals surface area (Å²) in [5, 5.41) is 4.15. The maximum Gasteiger partial charge on any atom is 0.261 e. The van der Waals surface area contributed by atoms with Crippen LogP contribution in [0.1, 0.15) is 22.5 Å². The molecule has 0 spiro atoms. The van der Waals surface area contributed by atoms with Crippen LogP contribution < -0.4 is 5.32 Å². The molecular formula is C18H18N2OS2. The molecule has 0 radical (unpaired) electrons. The van der Waals surface area contributed by atoms with Crippen molar-refractivity contribution in [2.45, 2.75) is 17.7 Å². The molecule has 0 bridgehead atoms. The van der Waals surface area contributed by atoms with Crippen LogP contribution >= 0.6 is 23.1 Å². The number of carbonyl (C=O) groups excluding carboxylic acids is 1. The molecule has 2 aromatic heterocycles. The lowest BCUT2D eigenvalue weighted by atomic mass is 10.2. The van der Waals surface area contributed by atoms with Gasteiger partial charge in [0, 0.05) is 28.5 Å². The normalized spacial score (nSPS) is 10.8. The number of pyridine rings is 1. The summed E-state index contributed by atoms with van der Waals surface area (Å²) < 4.78 is 1.16. The molecule has 3 aromatic rings. The zero-order valence-electron chi connectivity index (χ0n) is 12.7. The summed E-state index contributed by atoms with van der Waals surface area (Å²) in [4.78, 5) is 18.2. The van der Waals surface area contributed by atoms with Crippen molar-refractivity contribution >= 4 is 39.1 Å². The first-order valence-electron chi connectivity index (χ1n) is 7.62. The Labute approximate surface area is 144 Å². The van der Waals surface area contributed by atoms with E-state index in [0.717, 1.165) is 40.1 Å². The first-order chi connectivity index (χ1) is 11.3. The fourth-order valence-electron chi connectivity index (χ4n) is 2.23. The summed E-state index contributed by atoms with van der Waals surface area (Å²) in [5.74, 6) is 1.09. The molecule has 2 heterocycles. The highest BCUT2D eigenvalue weighted by Crippen LogP contribution is 2.25. The first kappa shape index (κ1) is 16.0. The van der Waals surface area contributed by atoms with Crippen LogP contribution in [0.3, 0.4) is 0 Å². The van der Waals surface area contributed by atoms with Crippen molar-refractivity contribution in [3.63, 3.8) is 0 Å². The predicted molar refractivity (Wildman–Crippen MR) is 98.4 cm³/mol. The number of thioether (sulfide) groups is 1. The number of nitrogens with zero attached hydrogens (tertiary/aromatic N) is 1. The summed E-state index contributed by atoms with van der Waals surface area (Å²) in [7, 11) is 0. The van der Waals surface area contributed by atoms with Crippen molar-refractivity contribution in [2.24, 2.45) is 0 Å². The number of rotatable bonds is 7. The molecule has 0 saturated carbocycles. The lowest BCUT2D eigenvalue weighted by Crippen LogP contribution is -2.23. The van der Waals surface area contributed by atoms with Gasteiger partial charge in [-0.15, -0.1) is 23.1 Å². The molecule has 0 saturated heterocycles. The average molecular weight is 342 g/mol. The van der Waals surface area contributed by atoms with Crippen molar-refractivity contribution in [1.29, 1.82) is 0 Å². The molecule has 1 N–H and O–H groups in total. The molecule has 0 aliphatic rings. The Bertz CT molecular complexity index is 738. The number of carbonyl (C=O) groups is 1. The Morgan fingerprint density at radius 1 is 1.13 bits per heavy atom. The van der Waals surface area contributed by atoms with Gasteiger partial charge in [0.1, 0.15) is 0 Å². The van der Waals surface area contributed by atoms with E-state index in [2.05, 4.69) is 10.3 Å². The number of amides is 1. The summed E-state index contributed by atoms with van der Waals surface area (Å²) >= 11 is 3.38. The summed E-state index contributed by atoms with van der Waals surface area (Å²) in [6.45, 7) is 0.726. The fraction of sp³-hybridized carbons (Fsp3) is 0.222. The van der Waals surface area contributed by atoms with Gasteiger partial charge in [-0.3, -0.25) is 9.78 Å². The van der Waals surface area contributed by atoms with Crippen LogP contribution in [0.4, 0.5) is 0 Å². The van der Waals surface area contributed by atoms with E-state index in [1.54, 1.807) is 11.3 Å². The van der Waals surface area contributed by atoms with Crippen LogP contribution in [0.2, 0.25) is 0 Å². The standard InChI is InChI=1S/C18H18N2OS2/c21-18(17-13-14-5-1-2-6-16(14)23-17)20-9-3-4-12-22-15-7-10-19-11-8-15/h1-2,5-8,10-11,13H,3-4,9,12H2,(H,20,21). The molecule has 118 valence electrons. The van der Waals surface area contributed by atoms with Gasteiger partial charge in [0.15, 0.2) is 0 Å². The smallest absolute Gasteiger partial charge is 0.261 e. The third-order valence-corrected chi connectivity index (χ3v) is 5.64. The number of unbranched alkanes of at least 4 members (excludes halogenated alkanes) is 1. The van der Waals surface area contributed by atoms with Gasteiger partial charge >= 0.3 is 0 Å². The molecule has 0 unspecified atom stereocenters. The van der Waals surface area contributed by atoms with Gasteiger partial charge in [-0.2, -0.15) is 0 Å². The van der Waals surface area contributed by atoms with Crippen LogP contribution in [0.15, 0.2) is 59.8 Å². The van der Waals surface area contributed by atoms with Crippen molar-refractivity contribution in [3.05, 3.63) is 59.7 Å². The van der Waals surface area contributed by atoms with Gasteiger partial charge in [-0.25, -0.2) is 0 Å². The molecule has 0 fully saturated rings. The Hall–Kier alpha value is -1.85. The second-order valence-electron chi connectivity index (χ2n) is 5.14. The zero-order chi connectivity index (χ0) is 15.9. The summed E-state index contributed by atoms with van der Waals surface area (Å²) in [6, 6.07) is 14.1. The SMILES string of the molecule is O=C(NCCCCSc1ccncc1)c1cc2ccccc2s1. The zero-order valence-corrected chi connectivity index (χ0v) is 14.3. The number of hydrogen-bond acceptors (Lipinski definition) is 4. The highest BCUT2D eigenvalue weighted by molar-refractivity contribution is 7.99. The van der Waals surface area contributed by atoms with Gasteiger partial charge in [0.25, 0.3) is 5.91 Å². The fourth-order valence-corrected chi connectivity index (χ4v) is 4.11. The maximum atomic E-state index is 12.2. The molecule has 0 aliphatic carbocycles. The number of benzene rings is 1. The highest BCUT2D eigenvalue weighted by atomic mass is 32.2. The monoisotopic (exact) mass is 342 g/mol. The Morgan fingerprint density at radius 2 is 1.96 bits per heavy atom. The Kier molecular flexibility index (Phi) is 5.66. The number of hydrogen-bond donors (Lipinski definition) is 1. The van der Waals surface area contributed by atoms with E-state index in [1.165, 1.54) is 4.90 Å². The van der Waals surface area contributed by atoms with E-state index in [-0.39, 0.29) is 5.91 Å². The topological polar surface area (TPSA) is 42.0 Å². The van der Waals surface area contributed by atoms with Crippen LogP contribution in [-0.4, -0.2) is 23.2 Å². The minimum atomic E-state index is 0.0352. The number of nitrogens with one attached hydrogen (secondary N) is 1. The average Bonchev–Trinajstić information content (AvgIpc) is 3.03. The molecule has 0 atom stereocenters. The molecule has 5 heteroatoms. The van der Waals surface area contributed by atoms with Gasteiger partial charge < -0.3 is 5.32 Å². The predicted octanol–water partition coefficient (Wildman–Crippen LogP) is 4.60. The van der Waals surface area contributed by atoms with Crippen LogP contribution in [0.25, 0.3) is 10.1 Å². The van der Waals surface area contributed by atoms with Crippen molar-refractivity contribution in [2.75, 3.05) is 12.3 Å². The minimum Gasteiger partial charge on any atom is -0.351 e. The van der Waals surface area contributed by atoms with Gasteiger partial charge in [-0.05, 0) is 48.2 Å². The molecule has 1 amide bonds. The quantitative estimate of drug-likeness (QED) is 0.504. The lowest BCUT2D eigenvalue weighted by Gasteiger charge is -2.04. The maximum absolute atomic E-state index is 12.2. The third-order valence-electron chi connectivity index (χ3n) is 3.42. The van der Waals surface area contributed by atoms with Crippen molar-refractivity contribution < 1.29 is 4.79 Å². The molecule has 1 aromatic carbocycles. The number of fused-ring (bicyclic) bond motifs is 1. The van der Waals surface area contributed by atoms with Crippen LogP contribution in [0, 0.1) is 0 Å². The van der Waals surface area contributed by atoms with Crippen molar-refractivity contribution in [1.82, 2.24) is 10.3 Å². The van der Waals surface area contributed by atoms with E-state index in [0.29, 0.717) is 0 Å². The summed E-state index contributed by atoms with van der Waals surface area (Å²) in [5.41, 5.74) is 0. The van der Waals surface area contributed by atoms with Crippen LogP contribution in [-0.2, 0) is 0 Å². The lowest BCUT2D eigenvalue weighted by molar-refractivity contribution is 0.0957. The second-order valence-corrected chi connectivity index (χ2v) is 7.39. The number of aromatic nitrogens is 1. The van der Waals surface area contributed by atoms with E-state index in [1.807, 2.05) is 66.6 Å². The van der Waals surface area contributed by atoms with Gasteiger partial charge in [0.05, 0.1) is 4.88 Å². The Morgan fingerprint density at radius 3 is 2.78 bits per heavy atom. The molecule has 3 rings (SSSR count). The molecule has 23 heavy (non-hydrogen) atoms. The molecule has 3 nitrogen and oxygen atoms in total. The van der Waals surface area contributed by atoms with E-state index >= 15 is 0 Å². The van der Waals surface area contributed by atoms with Crippen LogP contribution in [0.5, 0.6) is 0 Å². The van der Waals surface area contributed by atoms with Gasteiger partial charge in [0.2, 0.25) is 0 Å². The highest BCUT2D eigenvalue weighted by Gasteiger charge is 2.09. The van der Waals surface area contributed by atoms with E-state index < -0.39 is 0 Å². The summed E-state index contributed by atoms with van der Waals surface area (Å²) in [6.07, 6.45) is 5.70. The Balaban J connectivity index is 1.38. The number of thiophene rings is 1. The largest absolute Gasteiger partial charge is 0.351 e. The molecule has 0 aliphatic heterocycles. The van der Waals surface area contributed by atoms with E-state index in [4.69, 9.17) is 0 Å². The first-order valence-corrected chi connectivity index (χ1v) is 9.43. The van der Waals surface area contributed by atoms with Gasteiger partial charge in [-0.1, -0.05) is 18.2 Å². The van der Waals surface area contributed by atoms with E-state index in [9.17, 15) is 4.79 Å². The molecular weight excluding hydrogens is 324 g/mol. The second kappa shape index (κ2) is 8.13. The third kappa shape index (κ3) is 4.56. The van der Waals surface area contributed by atoms with Crippen molar-refractivity contribution in [3.8, 4) is 0 Å².